The summed E-state index contributed by atoms with van der Waals surface area (Å²) in [6, 6.07) is 5.03. The molecule has 0 aliphatic carbocycles. The van der Waals surface area contributed by atoms with Crippen molar-refractivity contribution in [1.29, 1.82) is 0 Å². The summed E-state index contributed by atoms with van der Waals surface area (Å²) in [6.45, 7) is 8.26. The monoisotopic (exact) mass is 205 g/mol. The Balaban J connectivity index is 2.16. The first-order valence-corrected chi connectivity index (χ1v) is 5.65. The van der Waals surface area contributed by atoms with Crippen molar-refractivity contribution in [2.24, 2.45) is 0 Å². The van der Waals surface area contributed by atoms with E-state index in [-0.39, 0.29) is 0 Å². The van der Waals surface area contributed by atoms with Crippen molar-refractivity contribution in [3.63, 3.8) is 0 Å². The predicted octanol–water partition coefficient (Wildman–Crippen LogP) is 2.43. The Hall–Kier alpha value is -1.02. The summed E-state index contributed by atoms with van der Waals surface area (Å²) >= 11 is 0. The molecule has 0 saturated heterocycles. The highest BCUT2D eigenvalue weighted by Gasteiger charge is 2.15. The molecule has 15 heavy (non-hydrogen) atoms. The lowest BCUT2D eigenvalue weighted by Gasteiger charge is -2.11. The minimum absolute atomic E-state index is 0.537. The summed E-state index contributed by atoms with van der Waals surface area (Å²) in [7, 11) is 0. The average Bonchev–Trinajstić information content (AvgIpc) is 2.63. The molecule has 1 heterocycles. The summed E-state index contributed by atoms with van der Waals surface area (Å²) in [5, 5.41) is 3.44. The molecule has 0 bridgehead atoms. The largest absolute Gasteiger partial charge is 0.493 e. The van der Waals surface area contributed by atoms with Crippen molar-refractivity contribution in [2.75, 3.05) is 6.61 Å². The molecule has 1 aromatic rings. The van der Waals surface area contributed by atoms with Crippen LogP contribution < -0.4 is 10.1 Å². The number of rotatable bonds is 3. The number of aryl methyl sites for hydroxylation is 1. The van der Waals surface area contributed by atoms with Gasteiger partial charge in [0, 0.05) is 19.0 Å². The molecule has 0 atom stereocenters. The standard InChI is InChI=1S/C13H19NO/c1-9(2)14-8-11-6-10(3)13-12(7-11)4-5-15-13/h6-7,9,14H,4-5,8H2,1-3H3. The van der Waals surface area contributed by atoms with Crippen LogP contribution in [-0.2, 0) is 13.0 Å². The second-order valence-electron chi connectivity index (χ2n) is 4.54. The van der Waals surface area contributed by atoms with Gasteiger partial charge >= 0.3 is 0 Å². The Kier molecular flexibility index (Phi) is 2.96. The minimum Gasteiger partial charge on any atom is -0.493 e. The highest BCUT2D eigenvalue weighted by atomic mass is 16.5. The molecule has 2 rings (SSSR count). The van der Waals surface area contributed by atoms with E-state index in [4.69, 9.17) is 4.74 Å². The van der Waals surface area contributed by atoms with Crippen LogP contribution in [0.4, 0.5) is 0 Å². The molecule has 1 aliphatic heterocycles. The van der Waals surface area contributed by atoms with Gasteiger partial charge in [0.2, 0.25) is 0 Å². The molecule has 0 fully saturated rings. The number of nitrogens with one attached hydrogen (secondary N) is 1. The second kappa shape index (κ2) is 4.23. The molecular formula is C13H19NO. The molecule has 1 aromatic carbocycles. The Morgan fingerprint density at radius 3 is 2.93 bits per heavy atom. The molecule has 0 radical (unpaired) electrons. The van der Waals surface area contributed by atoms with E-state index in [9.17, 15) is 0 Å². The smallest absolute Gasteiger partial charge is 0.125 e. The minimum atomic E-state index is 0.537. The zero-order valence-electron chi connectivity index (χ0n) is 9.76. The quantitative estimate of drug-likeness (QED) is 0.818. The van der Waals surface area contributed by atoms with Crippen molar-refractivity contribution in [2.45, 2.75) is 39.8 Å². The first-order chi connectivity index (χ1) is 7.16. The number of ether oxygens (including phenoxy) is 1. The summed E-state index contributed by atoms with van der Waals surface area (Å²) < 4.78 is 5.59. The van der Waals surface area contributed by atoms with Crippen molar-refractivity contribution in [1.82, 2.24) is 5.32 Å². The lowest BCUT2D eigenvalue weighted by molar-refractivity contribution is 0.354. The Morgan fingerprint density at radius 1 is 1.40 bits per heavy atom. The van der Waals surface area contributed by atoms with Gasteiger partial charge in [-0.2, -0.15) is 0 Å². The van der Waals surface area contributed by atoms with Gasteiger partial charge in [-0.15, -0.1) is 0 Å². The molecule has 1 aliphatic rings. The van der Waals surface area contributed by atoms with Crippen LogP contribution in [0.5, 0.6) is 5.75 Å². The maximum Gasteiger partial charge on any atom is 0.125 e. The summed E-state index contributed by atoms with van der Waals surface area (Å²) in [4.78, 5) is 0. The normalized spacial score (nSPS) is 14.1. The number of hydrogen-bond donors (Lipinski definition) is 1. The van der Waals surface area contributed by atoms with E-state index in [1.807, 2.05) is 0 Å². The van der Waals surface area contributed by atoms with Gasteiger partial charge in [-0.05, 0) is 23.6 Å². The van der Waals surface area contributed by atoms with E-state index < -0.39 is 0 Å². The molecule has 1 N–H and O–H groups in total. The Bertz CT molecular complexity index is 358. The number of fused-ring (bicyclic) bond motifs is 1. The third-order valence-corrected chi connectivity index (χ3v) is 2.74. The SMILES string of the molecule is Cc1cc(CNC(C)C)cc2c1OCC2. The van der Waals surface area contributed by atoms with Crippen LogP contribution in [0.2, 0.25) is 0 Å². The van der Waals surface area contributed by atoms with E-state index in [0.29, 0.717) is 6.04 Å². The van der Waals surface area contributed by atoms with E-state index in [1.165, 1.54) is 16.7 Å². The van der Waals surface area contributed by atoms with Gasteiger partial charge in [-0.25, -0.2) is 0 Å². The van der Waals surface area contributed by atoms with Gasteiger partial charge in [-0.3, -0.25) is 0 Å². The third-order valence-electron chi connectivity index (χ3n) is 2.74. The van der Waals surface area contributed by atoms with Crippen LogP contribution in [0.25, 0.3) is 0 Å². The van der Waals surface area contributed by atoms with Crippen LogP contribution in [0.3, 0.4) is 0 Å². The molecule has 0 aromatic heterocycles. The number of hydrogen-bond acceptors (Lipinski definition) is 2. The molecule has 0 spiro atoms. The van der Waals surface area contributed by atoms with Gasteiger partial charge < -0.3 is 10.1 Å². The summed E-state index contributed by atoms with van der Waals surface area (Å²) in [6.07, 6.45) is 1.06. The topological polar surface area (TPSA) is 21.3 Å². The molecular weight excluding hydrogens is 186 g/mol. The molecule has 2 heteroatoms. The summed E-state index contributed by atoms with van der Waals surface area (Å²) in [5.74, 6) is 1.11. The molecule has 0 amide bonds. The lowest BCUT2D eigenvalue weighted by Crippen LogP contribution is -2.21. The maximum atomic E-state index is 5.59. The third kappa shape index (κ3) is 2.32. The Morgan fingerprint density at radius 2 is 2.20 bits per heavy atom. The summed E-state index contributed by atoms with van der Waals surface area (Å²) in [5.41, 5.74) is 4.01. The highest BCUT2D eigenvalue weighted by Crippen LogP contribution is 2.30. The van der Waals surface area contributed by atoms with Gasteiger partial charge in [0.1, 0.15) is 5.75 Å². The van der Waals surface area contributed by atoms with Crippen molar-refractivity contribution >= 4 is 0 Å². The van der Waals surface area contributed by atoms with Crippen molar-refractivity contribution in [3.05, 3.63) is 28.8 Å². The van der Waals surface area contributed by atoms with Crippen LogP contribution in [0.15, 0.2) is 12.1 Å². The fourth-order valence-electron chi connectivity index (χ4n) is 2.01. The van der Waals surface area contributed by atoms with Crippen LogP contribution in [0, 0.1) is 6.92 Å². The van der Waals surface area contributed by atoms with Crippen molar-refractivity contribution in [3.8, 4) is 5.75 Å². The number of benzene rings is 1. The van der Waals surface area contributed by atoms with Gasteiger partial charge in [-0.1, -0.05) is 26.0 Å². The maximum absolute atomic E-state index is 5.59. The van der Waals surface area contributed by atoms with Gasteiger partial charge in [0.25, 0.3) is 0 Å². The van der Waals surface area contributed by atoms with Crippen LogP contribution in [0.1, 0.15) is 30.5 Å². The first kappa shape index (κ1) is 10.5. The fourth-order valence-corrected chi connectivity index (χ4v) is 2.01. The average molecular weight is 205 g/mol. The van der Waals surface area contributed by atoms with Crippen molar-refractivity contribution < 1.29 is 4.74 Å². The highest BCUT2D eigenvalue weighted by molar-refractivity contribution is 5.46. The van der Waals surface area contributed by atoms with Gasteiger partial charge in [0.15, 0.2) is 0 Å². The van der Waals surface area contributed by atoms with E-state index >= 15 is 0 Å². The van der Waals surface area contributed by atoms with E-state index in [0.717, 1.165) is 25.3 Å². The zero-order valence-corrected chi connectivity index (χ0v) is 9.76. The first-order valence-electron chi connectivity index (χ1n) is 5.65. The molecule has 2 nitrogen and oxygen atoms in total. The van der Waals surface area contributed by atoms with Gasteiger partial charge in [0.05, 0.1) is 6.61 Å². The predicted molar refractivity (Wildman–Crippen MR) is 62.4 cm³/mol. The van der Waals surface area contributed by atoms with E-state index in [2.05, 4.69) is 38.2 Å². The molecule has 0 unspecified atom stereocenters. The van der Waals surface area contributed by atoms with Crippen LogP contribution in [-0.4, -0.2) is 12.6 Å². The fraction of sp³-hybridized carbons (Fsp3) is 0.538. The van der Waals surface area contributed by atoms with E-state index in [1.54, 1.807) is 0 Å². The molecule has 0 saturated carbocycles. The zero-order chi connectivity index (χ0) is 10.8. The lowest BCUT2D eigenvalue weighted by atomic mass is 10.0. The molecule has 82 valence electrons. The Labute approximate surface area is 91.6 Å². The van der Waals surface area contributed by atoms with Crippen LogP contribution >= 0.6 is 0 Å². The second-order valence-corrected chi connectivity index (χ2v) is 4.54.